The van der Waals surface area contributed by atoms with Gasteiger partial charge in [-0.25, -0.2) is 0 Å². The van der Waals surface area contributed by atoms with E-state index in [2.05, 4.69) is 5.32 Å². The van der Waals surface area contributed by atoms with Crippen LogP contribution in [0.15, 0.2) is 18.2 Å². The zero-order chi connectivity index (χ0) is 20.2. The van der Waals surface area contributed by atoms with Crippen LogP contribution in [0.5, 0.6) is 11.5 Å². The number of benzene rings is 1. The second-order valence-electron chi connectivity index (χ2n) is 9.35. The van der Waals surface area contributed by atoms with Crippen LogP contribution >= 0.6 is 11.6 Å². The fourth-order valence-electron chi connectivity index (χ4n) is 6.11. The molecule has 6 rings (SSSR count). The molecule has 7 heteroatoms. The van der Waals surface area contributed by atoms with Crippen molar-refractivity contribution < 1.29 is 23.8 Å². The Balaban J connectivity index is 1.18. The quantitative estimate of drug-likeness (QED) is 0.583. The van der Waals surface area contributed by atoms with Crippen LogP contribution in [0, 0.1) is 17.3 Å². The minimum atomic E-state index is -0.837. The second-order valence-corrected chi connectivity index (χ2v) is 10.1. The van der Waals surface area contributed by atoms with Crippen LogP contribution in [0.25, 0.3) is 0 Å². The molecule has 0 saturated heterocycles. The van der Waals surface area contributed by atoms with Crippen molar-refractivity contribution in [2.75, 3.05) is 6.79 Å². The Bertz CT molecular complexity index is 842. The normalized spacial score (nSPS) is 34.7. The van der Waals surface area contributed by atoms with E-state index in [4.69, 9.17) is 25.8 Å². The Hall–Kier alpha value is -1.95. The monoisotopic (exact) mass is 419 g/mol. The number of amides is 1. The zero-order valence-corrected chi connectivity index (χ0v) is 17.3. The molecule has 1 N–H and O–H groups in total. The number of alkyl halides is 1. The summed E-state index contributed by atoms with van der Waals surface area (Å²) in [6.07, 6.45) is 4.73. The molecule has 4 fully saturated rings. The number of hydrogen-bond acceptors (Lipinski definition) is 5. The van der Waals surface area contributed by atoms with Crippen molar-refractivity contribution in [1.29, 1.82) is 0 Å². The zero-order valence-electron chi connectivity index (χ0n) is 16.5. The van der Waals surface area contributed by atoms with Gasteiger partial charge in [-0.2, -0.15) is 0 Å². The molecule has 3 atom stereocenters. The molecule has 1 amide bonds. The summed E-state index contributed by atoms with van der Waals surface area (Å²) in [5, 5.41) is 2.84. The smallest absolute Gasteiger partial charge is 0.312 e. The van der Waals surface area contributed by atoms with Crippen LogP contribution in [0.1, 0.15) is 51.0 Å². The summed E-state index contributed by atoms with van der Waals surface area (Å²) in [7, 11) is 0. The van der Waals surface area contributed by atoms with E-state index in [0.29, 0.717) is 36.3 Å². The van der Waals surface area contributed by atoms with Crippen LogP contribution in [-0.2, 0) is 20.9 Å². The highest BCUT2D eigenvalue weighted by atomic mass is 35.5. The van der Waals surface area contributed by atoms with Crippen molar-refractivity contribution in [3.8, 4) is 11.5 Å². The van der Waals surface area contributed by atoms with Gasteiger partial charge < -0.3 is 19.5 Å². The van der Waals surface area contributed by atoms with Crippen LogP contribution < -0.4 is 14.8 Å². The highest BCUT2D eigenvalue weighted by molar-refractivity contribution is 6.24. The van der Waals surface area contributed by atoms with Crippen molar-refractivity contribution in [3.05, 3.63) is 23.8 Å². The molecule has 5 aliphatic rings. The molecule has 0 spiro atoms. The lowest BCUT2D eigenvalue weighted by Crippen LogP contribution is -2.57. The number of carbonyl (C=O) groups is 2. The molecule has 4 bridgehead atoms. The van der Waals surface area contributed by atoms with E-state index in [1.807, 2.05) is 18.2 Å². The molecule has 3 unspecified atom stereocenters. The fourth-order valence-corrected chi connectivity index (χ4v) is 6.80. The van der Waals surface area contributed by atoms with E-state index in [9.17, 15) is 9.59 Å². The number of nitrogens with one attached hydrogen (secondary N) is 1. The molecule has 1 aliphatic heterocycles. The highest BCUT2D eigenvalue weighted by Gasteiger charge is 2.61. The summed E-state index contributed by atoms with van der Waals surface area (Å²) >= 11 is 6.82. The molecule has 1 aromatic carbocycles. The van der Waals surface area contributed by atoms with Crippen molar-refractivity contribution >= 4 is 23.5 Å². The molecule has 1 heterocycles. The number of esters is 1. The third kappa shape index (κ3) is 3.45. The summed E-state index contributed by atoms with van der Waals surface area (Å²) in [6.45, 7) is 2.17. The van der Waals surface area contributed by atoms with Gasteiger partial charge in [-0.05, 0) is 75.0 Å². The van der Waals surface area contributed by atoms with Gasteiger partial charge in [0.15, 0.2) is 17.6 Å². The minimum Gasteiger partial charge on any atom is -0.454 e. The summed E-state index contributed by atoms with van der Waals surface area (Å²) in [6, 6.07) is 5.54. The topological polar surface area (TPSA) is 73.9 Å². The van der Waals surface area contributed by atoms with Crippen molar-refractivity contribution in [1.82, 2.24) is 5.32 Å². The van der Waals surface area contributed by atoms with Crippen LogP contribution in [0.4, 0.5) is 0 Å². The third-order valence-electron chi connectivity index (χ3n) is 6.98. The van der Waals surface area contributed by atoms with Gasteiger partial charge in [-0.15, -0.1) is 11.6 Å². The van der Waals surface area contributed by atoms with E-state index < -0.39 is 11.5 Å². The molecule has 6 nitrogen and oxygen atoms in total. The van der Waals surface area contributed by atoms with E-state index in [0.717, 1.165) is 31.2 Å². The van der Waals surface area contributed by atoms with Crippen molar-refractivity contribution in [3.63, 3.8) is 0 Å². The van der Waals surface area contributed by atoms with E-state index in [1.165, 1.54) is 6.42 Å². The van der Waals surface area contributed by atoms with Gasteiger partial charge in [0.2, 0.25) is 6.79 Å². The maximum atomic E-state index is 13.1. The molecule has 4 aliphatic carbocycles. The average molecular weight is 420 g/mol. The number of halogens is 1. The first-order valence-corrected chi connectivity index (χ1v) is 10.8. The summed E-state index contributed by atoms with van der Waals surface area (Å²) in [5.41, 5.74) is 0.392. The van der Waals surface area contributed by atoms with Crippen LogP contribution in [-0.4, -0.2) is 29.6 Å². The summed E-state index contributed by atoms with van der Waals surface area (Å²) in [5.74, 6) is 1.85. The standard InChI is InChI=1S/C22H26ClNO5/c1-13(19(25)24-10-14-2-3-17-18(5-14)28-12-27-17)29-20(26)21-6-15-4-16(7-21)9-22(23,8-15)11-21/h2-3,5,13,15-16H,4,6-12H2,1H3,(H,24,25). The predicted molar refractivity (Wildman–Crippen MR) is 106 cm³/mol. The number of hydrogen-bond donors (Lipinski definition) is 1. The summed E-state index contributed by atoms with van der Waals surface area (Å²) < 4.78 is 16.3. The van der Waals surface area contributed by atoms with Gasteiger partial charge in [0.05, 0.1) is 5.41 Å². The lowest BCUT2D eigenvalue weighted by Gasteiger charge is -2.58. The molecule has 29 heavy (non-hydrogen) atoms. The van der Waals surface area contributed by atoms with Crippen molar-refractivity contribution in [2.45, 2.75) is 63.0 Å². The maximum absolute atomic E-state index is 13.1. The van der Waals surface area contributed by atoms with Gasteiger partial charge in [0.1, 0.15) is 0 Å². The fraction of sp³-hybridized carbons (Fsp3) is 0.636. The Morgan fingerprint density at radius 2 is 1.93 bits per heavy atom. The Morgan fingerprint density at radius 1 is 1.21 bits per heavy atom. The number of ether oxygens (including phenoxy) is 3. The number of rotatable bonds is 5. The SMILES string of the molecule is CC(OC(=O)C12CC3CC(CC(Cl)(C3)C1)C2)C(=O)NCc1ccc2c(c1)OCO2. The first kappa shape index (κ1) is 19.0. The van der Waals surface area contributed by atoms with Crippen LogP contribution in [0.2, 0.25) is 0 Å². The van der Waals surface area contributed by atoms with Gasteiger partial charge in [0.25, 0.3) is 5.91 Å². The van der Waals surface area contributed by atoms with Gasteiger partial charge in [-0.3, -0.25) is 9.59 Å². The molecule has 156 valence electrons. The van der Waals surface area contributed by atoms with Gasteiger partial charge in [-0.1, -0.05) is 6.07 Å². The largest absolute Gasteiger partial charge is 0.454 e. The minimum absolute atomic E-state index is 0.213. The molecular formula is C22H26ClNO5. The molecule has 4 saturated carbocycles. The number of carbonyl (C=O) groups excluding carboxylic acids is 2. The Labute approximate surface area is 175 Å². The summed E-state index contributed by atoms with van der Waals surface area (Å²) in [4.78, 5) is 25.3. The lowest BCUT2D eigenvalue weighted by molar-refractivity contribution is -0.177. The van der Waals surface area contributed by atoms with Gasteiger partial charge >= 0.3 is 5.97 Å². The van der Waals surface area contributed by atoms with E-state index >= 15 is 0 Å². The highest BCUT2D eigenvalue weighted by Crippen LogP contribution is 2.64. The molecular weight excluding hydrogens is 394 g/mol. The van der Waals surface area contributed by atoms with Crippen molar-refractivity contribution in [2.24, 2.45) is 17.3 Å². The Morgan fingerprint density at radius 3 is 2.66 bits per heavy atom. The molecule has 0 radical (unpaired) electrons. The average Bonchev–Trinajstić information content (AvgIpc) is 3.11. The third-order valence-corrected chi connectivity index (χ3v) is 7.42. The maximum Gasteiger partial charge on any atom is 0.312 e. The first-order valence-electron chi connectivity index (χ1n) is 10.4. The second kappa shape index (κ2) is 6.79. The van der Waals surface area contributed by atoms with E-state index in [1.54, 1.807) is 6.92 Å². The van der Waals surface area contributed by atoms with Gasteiger partial charge in [0, 0.05) is 11.4 Å². The Kier molecular flexibility index (Phi) is 4.46. The predicted octanol–water partition coefficient (Wildman–Crippen LogP) is 3.54. The molecule has 0 aromatic heterocycles. The van der Waals surface area contributed by atoms with E-state index in [-0.39, 0.29) is 23.5 Å². The van der Waals surface area contributed by atoms with Crippen LogP contribution in [0.3, 0.4) is 0 Å². The lowest BCUT2D eigenvalue weighted by atomic mass is 9.49. The molecule has 1 aromatic rings. The first-order chi connectivity index (χ1) is 13.8. The number of fused-ring (bicyclic) bond motifs is 1.